The third-order valence-corrected chi connectivity index (χ3v) is 3.94. The van der Waals surface area contributed by atoms with Crippen molar-refractivity contribution in [1.29, 1.82) is 0 Å². The Hall–Kier alpha value is -1.07. The molecule has 0 aliphatic heterocycles. The fourth-order valence-corrected chi connectivity index (χ4v) is 2.26. The van der Waals surface area contributed by atoms with Crippen LogP contribution in [0.1, 0.15) is 12.5 Å². The van der Waals surface area contributed by atoms with Gasteiger partial charge in [-0.3, -0.25) is 0 Å². The topological polar surface area (TPSA) is 89.0 Å². The Labute approximate surface area is 167 Å². The van der Waals surface area contributed by atoms with Crippen molar-refractivity contribution in [2.45, 2.75) is 13.5 Å². The quantitative estimate of drug-likeness (QED) is 0.226. The number of guanidine groups is 1. The van der Waals surface area contributed by atoms with Gasteiger partial charge in [0.15, 0.2) is 5.96 Å². The zero-order valence-corrected chi connectivity index (χ0v) is 18.1. The van der Waals surface area contributed by atoms with E-state index in [-0.39, 0.29) is 36.3 Å². The molecule has 144 valence electrons. The van der Waals surface area contributed by atoms with Gasteiger partial charge in [0.2, 0.25) is 0 Å². The summed E-state index contributed by atoms with van der Waals surface area (Å²) in [5.74, 6) is 1.53. The van der Waals surface area contributed by atoms with Crippen LogP contribution in [-0.4, -0.2) is 59.8 Å². The summed E-state index contributed by atoms with van der Waals surface area (Å²) >= 11 is 0. The summed E-state index contributed by atoms with van der Waals surface area (Å²) in [6.07, 6.45) is 1.20. The van der Waals surface area contributed by atoms with E-state index >= 15 is 0 Å². The maximum absolute atomic E-state index is 11.0. The van der Waals surface area contributed by atoms with Gasteiger partial charge in [-0.15, -0.1) is 24.0 Å². The molecule has 1 aromatic carbocycles. The molecule has 0 unspecified atom stereocenters. The predicted molar refractivity (Wildman–Crippen MR) is 112 cm³/mol. The molecule has 0 aliphatic rings. The Morgan fingerprint density at radius 1 is 1.24 bits per heavy atom. The minimum absolute atomic E-state index is 0. The molecule has 9 heteroatoms. The minimum Gasteiger partial charge on any atom is -0.497 e. The first kappa shape index (κ1) is 23.9. The molecule has 7 nitrogen and oxygen atoms in total. The molecule has 0 atom stereocenters. The summed E-state index contributed by atoms with van der Waals surface area (Å²) in [6, 6.07) is 7.76. The summed E-state index contributed by atoms with van der Waals surface area (Å²) in [5.41, 5.74) is 1.05. The van der Waals surface area contributed by atoms with Gasteiger partial charge in [-0.05, 0) is 24.6 Å². The number of halogens is 1. The molecule has 1 aromatic rings. The molecule has 0 bridgehead atoms. The van der Waals surface area contributed by atoms with E-state index < -0.39 is 9.84 Å². The number of hydrogen-bond donors (Lipinski definition) is 2. The molecule has 1 rings (SSSR count). The second kappa shape index (κ2) is 13.2. The number of benzene rings is 1. The molecule has 0 fully saturated rings. The Balaban J connectivity index is 0.00000576. The van der Waals surface area contributed by atoms with Crippen LogP contribution in [0.25, 0.3) is 0 Å². The monoisotopic (exact) mass is 485 g/mol. The van der Waals surface area contributed by atoms with E-state index in [9.17, 15) is 8.42 Å². The van der Waals surface area contributed by atoms with Crippen LogP contribution in [0.4, 0.5) is 0 Å². The van der Waals surface area contributed by atoms with Gasteiger partial charge in [-0.25, -0.2) is 13.4 Å². The largest absolute Gasteiger partial charge is 0.497 e. The molecule has 0 saturated heterocycles. The van der Waals surface area contributed by atoms with Crippen LogP contribution in [0.2, 0.25) is 0 Å². The van der Waals surface area contributed by atoms with Crippen molar-refractivity contribution in [3.05, 3.63) is 29.8 Å². The lowest BCUT2D eigenvalue weighted by Crippen LogP contribution is -2.39. The van der Waals surface area contributed by atoms with Crippen LogP contribution >= 0.6 is 24.0 Å². The maximum Gasteiger partial charge on any atom is 0.191 e. The van der Waals surface area contributed by atoms with Gasteiger partial charge in [0, 0.05) is 19.3 Å². The number of hydrogen-bond acceptors (Lipinski definition) is 5. The Morgan fingerprint density at radius 2 is 2.00 bits per heavy atom. The molecular weight excluding hydrogens is 457 g/mol. The molecule has 0 aromatic heterocycles. The van der Waals surface area contributed by atoms with Gasteiger partial charge in [-0.1, -0.05) is 12.1 Å². The molecule has 2 N–H and O–H groups in total. The fourth-order valence-electron chi connectivity index (χ4n) is 1.84. The normalized spacial score (nSPS) is 11.6. The first-order chi connectivity index (χ1) is 11.4. The minimum atomic E-state index is -2.97. The summed E-state index contributed by atoms with van der Waals surface area (Å²) in [5, 5.41) is 6.30. The summed E-state index contributed by atoms with van der Waals surface area (Å²) < 4.78 is 32.5. The summed E-state index contributed by atoms with van der Waals surface area (Å²) in [7, 11) is -1.34. The highest BCUT2D eigenvalue weighted by atomic mass is 127. The maximum atomic E-state index is 11.0. The second-order valence-corrected chi connectivity index (χ2v) is 7.48. The molecule has 0 heterocycles. The SMILES string of the molecule is CCNC(=NCc1cccc(OC)c1)NCCOCCS(C)(=O)=O.I. The Kier molecular flexibility index (Phi) is 12.6. The van der Waals surface area contributed by atoms with Crippen LogP contribution in [-0.2, 0) is 21.1 Å². The number of sulfone groups is 1. The lowest BCUT2D eigenvalue weighted by atomic mass is 10.2. The lowest BCUT2D eigenvalue weighted by Gasteiger charge is -2.11. The summed E-state index contributed by atoms with van der Waals surface area (Å²) in [6.45, 7) is 4.44. The van der Waals surface area contributed by atoms with Crippen molar-refractivity contribution < 1.29 is 17.9 Å². The average molecular weight is 485 g/mol. The second-order valence-electron chi connectivity index (χ2n) is 5.22. The van der Waals surface area contributed by atoms with Crippen molar-refractivity contribution in [2.75, 3.05) is 45.4 Å². The molecule has 0 spiro atoms. The van der Waals surface area contributed by atoms with Crippen molar-refractivity contribution in [2.24, 2.45) is 4.99 Å². The van der Waals surface area contributed by atoms with Gasteiger partial charge in [0.25, 0.3) is 0 Å². The number of aliphatic imine (C=N–C) groups is 1. The highest BCUT2D eigenvalue weighted by molar-refractivity contribution is 14.0. The lowest BCUT2D eigenvalue weighted by molar-refractivity contribution is 0.154. The average Bonchev–Trinajstić information content (AvgIpc) is 2.54. The van der Waals surface area contributed by atoms with Crippen LogP contribution in [0.5, 0.6) is 5.75 Å². The Bertz CT molecular complexity index is 624. The summed E-state index contributed by atoms with van der Waals surface area (Å²) in [4.78, 5) is 4.50. The zero-order chi connectivity index (χ0) is 17.8. The Morgan fingerprint density at radius 3 is 2.64 bits per heavy atom. The van der Waals surface area contributed by atoms with Crippen LogP contribution < -0.4 is 15.4 Å². The van der Waals surface area contributed by atoms with E-state index in [1.807, 2.05) is 31.2 Å². The number of rotatable bonds is 10. The zero-order valence-electron chi connectivity index (χ0n) is 14.9. The molecule has 0 aliphatic carbocycles. The van der Waals surface area contributed by atoms with Gasteiger partial charge in [0.1, 0.15) is 15.6 Å². The first-order valence-electron chi connectivity index (χ1n) is 7.85. The molecular formula is C16H28IN3O4S. The van der Waals surface area contributed by atoms with E-state index in [2.05, 4.69) is 15.6 Å². The predicted octanol–water partition coefficient (Wildman–Crippen LogP) is 1.43. The van der Waals surface area contributed by atoms with Crippen molar-refractivity contribution in [1.82, 2.24) is 10.6 Å². The third-order valence-electron chi connectivity index (χ3n) is 3.04. The highest BCUT2D eigenvalue weighted by Crippen LogP contribution is 2.12. The van der Waals surface area contributed by atoms with E-state index in [1.54, 1.807) is 7.11 Å². The molecule has 25 heavy (non-hydrogen) atoms. The van der Waals surface area contributed by atoms with Crippen molar-refractivity contribution >= 4 is 39.8 Å². The van der Waals surface area contributed by atoms with Gasteiger partial charge >= 0.3 is 0 Å². The number of methoxy groups -OCH3 is 1. The third kappa shape index (κ3) is 12.0. The molecule has 0 saturated carbocycles. The van der Waals surface area contributed by atoms with E-state index in [1.165, 1.54) is 6.26 Å². The van der Waals surface area contributed by atoms with Crippen molar-refractivity contribution in [3.63, 3.8) is 0 Å². The van der Waals surface area contributed by atoms with Crippen molar-refractivity contribution in [3.8, 4) is 5.75 Å². The van der Waals surface area contributed by atoms with Gasteiger partial charge in [0.05, 0.1) is 32.6 Å². The van der Waals surface area contributed by atoms with E-state index in [0.717, 1.165) is 17.9 Å². The van der Waals surface area contributed by atoms with Gasteiger partial charge < -0.3 is 20.1 Å². The molecule has 0 radical (unpaired) electrons. The number of nitrogens with zero attached hydrogens (tertiary/aromatic N) is 1. The molecule has 0 amide bonds. The van der Waals surface area contributed by atoms with Crippen LogP contribution in [0.15, 0.2) is 29.3 Å². The van der Waals surface area contributed by atoms with Crippen LogP contribution in [0, 0.1) is 0 Å². The van der Waals surface area contributed by atoms with Gasteiger partial charge in [-0.2, -0.15) is 0 Å². The highest BCUT2D eigenvalue weighted by Gasteiger charge is 2.02. The number of nitrogens with one attached hydrogen (secondary N) is 2. The van der Waals surface area contributed by atoms with E-state index in [0.29, 0.717) is 25.7 Å². The smallest absolute Gasteiger partial charge is 0.191 e. The number of ether oxygens (including phenoxy) is 2. The standard InChI is InChI=1S/C16H27N3O4S.HI/c1-4-17-16(18-8-9-23-10-11-24(3,20)21)19-13-14-6-5-7-15(12-14)22-2;/h5-7,12H,4,8-11,13H2,1-3H3,(H2,17,18,19);1H. The van der Waals surface area contributed by atoms with E-state index in [4.69, 9.17) is 9.47 Å². The first-order valence-corrected chi connectivity index (χ1v) is 9.91. The van der Waals surface area contributed by atoms with Crippen LogP contribution in [0.3, 0.4) is 0 Å². The fraction of sp³-hybridized carbons (Fsp3) is 0.562.